The summed E-state index contributed by atoms with van der Waals surface area (Å²) in [6.07, 6.45) is -8.15. The molecule has 222 valence electrons. The van der Waals surface area contributed by atoms with Gasteiger partial charge >= 0.3 is 266 Å². The van der Waals surface area contributed by atoms with E-state index >= 15 is 0 Å². The summed E-state index contributed by atoms with van der Waals surface area (Å²) in [4.78, 5) is 90.0. The Hall–Kier alpha value is 4.11. The van der Waals surface area contributed by atoms with E-state index in [0.29, 0.717) is 0 Å². The van der Waals surface area contributed by atoms with Crippen molar-refractivity contribution in [3.8, 4) is 0 Å². The fraction of sp³-hybridized carbons (Fsp3) is 0.500. The molecule has 0 rings (SSSR count). The van der Waals surface area contributed by atoms with Gasteiger partial charge in [0.15, 0.2) is 0 Å². The van der Waals surface area contributed by atoms with E-state index in [1.165, 1.54) is 0 Å². The Morgan fingerprint density at radius 1 is 0.292 bits per heavy atom. The van der Waals surface area contributed by atoms with Gasteiger partial charge in [-0.2, -0.15) is 0 Å². The molecule has 0 unspecified atom stereocenters. The first kappa shape index (κ1) is 84.6. The van der Waals surface area contributed by atoms with Crippen LogP contribution in [0.15, 0.2) is 0 Å². The molecule has 0 amide bonds. The van der Waals surface area contributed by atoms with Crippen LogP contribution in [0.4, 0.5) is 0 Å². The molecule has 0 aliphatic carbocycles. The van der Waals surface area contributed by atoms with E-state index in [1.54, 1.807) is 0 Å². The van der Waals surface area contributed by atoms with Gasteiger partial charge in [0.25, 0.3) is 0 Å². The van der Waals surface area contributed by atoms with Crippen LogP contribution in [0.5, 0.6) is 0 Å². The molecule has 0 aliphatic heterocycles. The second-order valence-corrected chi connectivity index (χ2v) is 7.25. The number of rotatable bonds is 15. The zero-order valence-electron chi connectivity index (χ0n) is 27.9. The van der Waals surface area contributed by atoms with Crippen LogP contribution in [0.1, 0.15) is 38.5 Å². The maximum atomic E-state index is 10.1. The van der Waals surface area contributed by atoms with Crippen molar-refractivity contribution in [3.05, 3.63) is 0 Å². The summed E-state index contributed by atoms with van der Waals surface area (Å²) in [7, 11) is 0. The van der Waals surface area contributed by atoms with E-state index in [9.17, 15) is 89.1 Å². The molecule has 48 heavy (non-hydrogen) atoms. The molecule has 0 aromatic carbocycles. The summed E-state index contributed by atoms with van der Waals surface area (Å²) in [6, 6.07) is 0. The minimum Gasteiger partial charge on any atom is -0.550 e. The first-order valence-corrected chi connectivity index (χ1v) is 9.34. The largest absolute Gasteiger partial charge is 1.00 e. The summed E-state index contributed by atoms with van der Waals surface area (Å²) in [5, 5.41) is 117. The molecule has 0 bridgehead atoms. The second-order valence-electron chi connectivity index (χ2n) is 7.25. The monoisotopic (exact) mass is 774 g/mol. The number of hydrogen-bond donors (Lipinski definition) is 3. The molecule has 0 radical (unpaired) electrons. The van der Waals surface area contributed by atoms with Crippen molar-refractivity contribution in [3.63, 3.8) is 0 Å². The molecule has 0 aromatic heterocycles. The van der Waals surface area contributed by atoms with Crippen LogP contribution in [-0.2, 0) is 43.2 Å². The maximum Gasteiger partial charge on any atom is 1.00 e. The topological polar surface area (TPSA) is 422 Å². The van der Waals surface area contributed by atoms with Gasteiger partial charge in [0.1, 0.15) is 16.8 Å². The van der Waals surface area contributed by atoms with Crippen LogP contribution in [0, 0.1) is 0 Å². The Kier molecular flexibility index (Phi) is 74.5. The van der Waals surface area contributed by atoms with E-state index in [1.807, 2.05) is 0 Å². The molecule has 0 saturated heterocycles. The smallest absolute Gasteiger partial charge is 0.550 e. The van der Waals surface area contributed by atoms with Crippen molar-refractivity contribution in [2.24, 2.45) is 0 Å². The molecular weight excluding hydrogens is 759 g/mol. The Labute approximate surface area is 470 Å². The number of carboxylic acid groups (broad SMARTS) is 9. The number of carbonyl (C=O) groups is 9. The summed E-state index contributed by atoms with van der Waals surface area (Å²) in [5.41, 5.74) is -8.92. The Morgan fingerprint density at radius 3 is 0.417 bits per heavy atom. The van der Waals surface area contributed by atoms with Crippen molar-refractivity contribution in [1.29, 1.82) is 0 Å². The number of aliphatic carboxylic acids is 9. The van der Waals surface area contributed by atoms with Gasteiger partial charge in [0, 0.05) is 74.3 Å². The van der Waals surface area contributed by atoms with Crippen molar-refractivity contribution in [2.45, 2.75) is 55.3 Å². The van der Waals surface area contributed by atoms with Crippen molar-refractivity contribution in [2.75, 3.05) is 0 Å². The summed E-state index contributed by atoms with van der Waals surface area (Å²) in [6.45, 7) is 0. The molecule has 0 fully saturated rings. The fourth-order valence-corrected chi connectivity index (χ4v) is 2.05. The minimum absolute atomic E-state index is 0. The maximum absolute atomic E-state index is 10.1. The van der Waals surface area contributed by atoms with Gasteiger partial charge in [-0.05, 0) is 0 Å². The van der Waals surface area contributed by atoms with Crippen LogP contribution in [0.2, 0.25) is 0 Å². The zero-order valence-corrected chi connectivity index (χ0v) is 45.9. The molecular formula is C18H15Na9O21. The van der Waals surface area contributed by atoms with Crippen molar-refractivity contribution < 1.29 is 370 Å². The van der Waals surface area contributed by atoms with Gasteiger partial charge < -0.3 is 104 Å². The van der Waals surface area contributed by atoms with E-state index < -0.39 is 109 Å². The molecule has 30 heteroatoms. The summed E-state index contributed by atoms with van der Waals surface area (Å²) >= 11 is 0. The Morgan fingerprint density at radius 2 is 0.375 bits per heavy atom. The van der Waals surface area contributed by atoms with Crippen LogP contribution in [0.25, 0.3) is 0 Å². The van der Waals surface area contributed by atoms with Gasteiger partial charge in [-0.1, -0.05) is 0 Å². The van der Waals surface area contributed by atoms with Gasteiger partial charge in [0.2, 0.25) is 0 Å². The van der Waals surface area contributed by atoms with Crippen LogP contribution >= 0.6 is 0 Å². The molecule has 0 aromatic rings. The van der Waals surface area contributed by atoms with Gasteiger partial charge in [-0.3, -0.25) is 0 Å². The van der Waals surface area contributed by atoms with E-state index in [0.717, 1.165) is 0 Å². The van der Waals surface area contributed by atoms with Crippen molar-refractivity contribution in [1.82, 2.24) is 0 Å². The van der Waals surface area contributed by atoms with E-state index in [-0.39, 0.29) is 266 Å². The standard InChI is InChI=1S/3C6H8O7.9Na/c3*7-3(8)1-6(13,5(11)12)2-4(9)10;;;;;;;;;/h3*13H,1-2H2,(H,7,8)(H,9,10)(H,11,12);;;;;;;;;/q;;;9*+1/p-9. The van der Waals surface area contributed by atoms with Crippen LogP contribution in [-0.4, -0.2) is 85.8 Å². The second kappa shape index (κ2) is 42.3. The van der Waals surface area contributed by atoms with E-state index in [4.69, 9.17) is 15.3 Å². The molecule has 21 nitrogen and oxygen atoms in total. The fourth-order valence-electron chi connectivity index (χ4n) is 2.05. The third-order valence-corrected chi connectivity index (χ3v) is 3.76. The zero-order chi connectivity index (χ0) is 31.9. The number of carboxylic acids is 9. The van der Waals surface area contributed by atoms with Gasteiger partial charge in [0.05, 0.1) is 17.9 Å². The normalized spacial score (nSPS) is 8.81. The predicted molar refractivity (Wildman–Crippen MR) is 87.6 cm³/mol. The summed E-state index contributed by atoms with van der Waals surface area (Å²) in [5.74, 6) is -18.0. The average molecular weight is 774 g/mol. The number of aliphatic hydroxyl groups is 3. The van der Waals surface area contributed by atoms with Gasteiger partial charge in [-0.15, -0.1) is 0 Å². The number of hydrogen-bond acceptors (Lipinski definition) is 21. The molecule has 0 aliphatic rings. The third kappa shape index (κ3) is 44.5. The molecule has 0 heterocycles. The number of carbonyl (C=O) groups excluding carboxylic acids is 9. The predicted octanol–water partition coefficient (Wildman–Crippen LogP) is -42.7. The third-order valence-electron chi connectivity index (χ3n) is 3.76. The van der Waals surface area contributed by atoms with Gasteiger partial charge in [-0.25, -0.2) is 0 Å². The first-order valence-electron chi connectivity index (χ1n) is 9.34. The molecule has 0 saturated carbocycles. The van der Waals surface area contributed by atoms with Crippen LogP contribution < -0.4 is 312 Å². The SMILES string of the molecule is O=C([O-])CC(O)(CC(=O)[O-])C(=O)[O-].O=C([O-])CC(O)(CC(=O)[O-])C(=O)[O-].O=C([O-])CC(O)(CC(=O)[O-])C(=O)[O-].[Na+].[Na+].[Na+].[Na+].[Na+].[Na+].[Na+].[Na+].[Na+]. The van der Waals surface area contributed by atoms with E-state index in [2.05, 4.69) is 0 Å². The average Bonchev–Trinajstić information content (AvgIpc) is 2.64. The molecule has 0 spiro atoms. The first-order chi connectivity index (χ1) is 17.3. The Balaban J connectivity index is -0.0000000370. The Bertz CT molecular complexity index is 839. The minimum atomic E-state index is -2.97. The molecule has 0 atom stereocenters. The quantitative estimate of drug-likeness (QED) is 0.130. The summed E-state index contributed by atoms with van der Waals surface area (Å²) < 4.78 is 0. The van der Waals surface area contributed by atoms with Crippen molar-refractivity contribution >= 4 is 53.7 Å². The molecule has 3 N–H and O–H groups in total. The van der Waals surface area contributed by atoms with Crippen LogP contribution in [0.3, 0.4) is 0 Å².